The van der Waals surface area contributed by atoms with Gasteiger partial charge in [0.15, 0.2) is 5.16 Å². The molecule has 0 aromatic carbocycles. The van der Waals surface area contributed by atoms with Crippen molar-refractivity contribution in [3.8, 4) is 0 Å². The number of nitrogens with two attached hydrogens (primary N) is 1. The molecule has 1 aliphatic carbocycles. The molecule has 0 aliphatic heterocycles. The zero-order valence-electron chi connectivity index (χ0n) is 8.96. The average Bonchev–Trinajstić information content (AvgIpc) is 3.08. The minimum absolute atomic E-state index is 0.162. The summed E-state index contributed by atoms with van der Waals surface area (Å²) in [6.07, 6.45) is 3.74. The van der Waals surface area contributed by atoms with Crippen LogP contribution < -0.4 is 11.4 Å². The van der Waals surface area contributed by atoms with Crippen LogP contribution in [0.3, 0.4) is 0 Å². The highest BCUT2D eigenvalue weighted by Gasteiger charge is 2.29. The number of hydrogen-bond donors (Lipinski definition) is 2. The number of H-pyrrole nitrogens is 1. The van der Waals surface area contributed by atoms with Crippen molar-refractivity contribution in [3.05, 3.63) is 28.8 Å². The van der Waals surface area contributed by atoms with Gasteiger partial charge in [-0.15, -0.1) is 5.10 Å². The molecule has 0 unspecified atom stereocenters. The van der Waals surface area contributed by atoms with Crippen LogP contribution in [0, 0.1) is 0 Å². The highest BCUT2D eigenvalue weighted by Crippen LogP contribution is 2.37. The van der Waals surface area contributed by atoms with Gasteiger partial charge in [-0.3, -0.25) is 4.57 Å². The molecule has 0 saturated heterocycles. The predicted molar refractivity (Wildman–Crippen MR) is 63.9 cm³/mol. The Labute approximate surface area is 101 Å². The van der Waals surface area contributed by atoms with Crippen LogP contribution in [-0.2, 0) is 0 Å². The molecule has 1 fully saturated rings. The summed E-state index contributed by atoms with van der Waals surface area (Å²) in [4.78, 5) is 15.7. The maximum atomic E-state index is 11.6. The number of hydrogen-bond acceptors (Lipinski definition) is 5. The van der Waals surface area contributed by atoms with E-state index in [2.05, 4.69) is 15.2 Å². The van der Waals surface area contributed by atoms with E-state index in [0.717, 1.165) is 12.8 Å². The van der Waals surface area contributed by atoms with E-state index in [-0.39, 0.29) is 11.7 Å². The molecule has 0 radical (unpaired) electrons. The Balaban J connectivity index is 1.96. The summed E-state index contributed by atoms with van der Waals surface area (Å²) < 4.78 is 1.68. The van der Waals surface area contributed by atoms with Crippen molar-refractivity contribution < 1.29 is 0 Å². The van der Waals surface area contributed by atoms with E-state index in [1.807, 2.05) is 0 Å². The monoisotopic (exact) mass is 249 g/mol. The second kappa shape index (κ2) is 3.92. The Morgan fingerprint density at radius 1 is 1.53 bits per heavy atom. The van der Waals surface area contributed by atoms with Crippen LogP contribution in [0.5, 0.6) is 0 Å². The second-order valence-corrected chi connectivity index (χ2v) is 4.87. The molecule has 2 heterocycles. The van der Waals surface area contributed by atoms with E-state index < -0.39 is 0 Å². The first-order valence-electron chi connectivity index (χ1n) is 5.31. The van der Waals surface area contributed by atoms with Crippen LogP contribution in [0.1, 0.15) is 18.9 Å². The molecule has 1 saturated carbocycles. The zero-order chi connectivity index (χ0) is 11.8. The highest BCUT2D eigenvalue weighted by atomic mass is 32.2. The molecule has 0 bridgehead atoms. The number of aromatic amines is 1. The molecular formula is C10H11N5OS. The first kappa shape index (κ1) is 10.4. The number of nitrogen functional groups attached to an aromatic ring is 1. The molecule has 17 heavy (non-hydrogen) atoms. The third kappa shape index (κ3) is 1.93. The van der Waals surface area contributed by atoms with Crippen molar-refractivity contribution in [2.75, 3.05) is 5.73 Å². The number of aromatic nitrogens is 4. The third-order valence-corrected chi connectivity index (χ3v) is 3.58. The third-order valence-electron chi connectivity index (χ3n) is 2.57. The van der Waals surface area contributed by atoms with Gasteiger partial charge in [0.25, 0.3) is 0 Å². The normalized spacial score (nSPS) is 15.1. The molecule has 0 atom stereocenters. The van der Waals surface area contributed by atoms with E-state index in [9.17, 15) is 4.79 Å². The topological polar surface area (TPSA) is 89.6 Å². The standard InChI is InChI=1S/C10H11N5OS/c11-7-2-1-5-12-8(7)17-10-14-13-9(16)15(10)6-3-4-6/h1-2,5-6H,3-4,11H2,(H,13,16). The predicted octanol–water partition coefficient (Wildman–Crippen LogP) is 1.03. The number of rotatable bonds is 3. The van der Waals surface area contributed by atoms with E-state index in [1.54, 1.807) is 22.9 Å². The Hall–Kier alpha value is -1.76. The van der Waals surface area contributed by atoms with Crippen molar-refractivity contribution in [1.29, 1.82) is 0 Å². The van der Waals surface area contributed by atoms with Gasteiger partial charge in [-0.05, 0) is 36.7 Å². The zero-order valence-corrected chi connectivity index (χ0v) is 9.78. The lowest BCUT2D eigenvalue weighted by atomic mass is 10.4. The Bertz CT molecular complexity index is 601. The molecule has 7 heteroatoms. The van der Waals surface area contributed by atoms with Gasteiger partial charge in [0.1, 0.15) is 5.03 Å². The largest absolute Gasteiger partial charge is 0.397 e. The maximum Gasteiger partial charge on any atom is 0.344 e. The molecular weight excluding hydrogens is 238 g/mol. The van der Waals surface area contributed by atoms with Crippen molar-refractivity contribution in [3.63, 3.8) is 0 Å². The molecule has 2 aromatic rings. The molecule has 3 rings (SSSR count). The van der Waals surface area contributed by atoms with Gasteiger partial charge < -0.3 is 5.73 Å². The van der Waals surface area contributed by atoms with E-state index in [4.69, 9.17) is 5.73 Å². The summed E-state index contributed by atoms with van der Waals surface area (Å²) in [5.41, 5.74) is 6.24. The molecule has 3 N–H and O–H groups in total. The van der Waals surface area contributed by atoms with Gasteiger partial charge in [-0.25, -0.2) is 14.9 Å². The molecule has 6 nitrogen and oxygen atoms in total. The fourth-order valence-corrected chi connectivity index (χ4v) is 2.49. The van der Waals surface area contributed by atoms with Crippen LogP contribution in [0.2, 0.25) is 0 Å². The fraction of sp³-hybridized carbons (Fsp3) is 0.300. The van der Waals surface area contributed by atoms with Gasteiger partial charge in [0.2, 0.25) is 0 Å². The van der Waals surface area contributed by atoms with Crippen molar-refractivity contribution >= 4 is 17.4 Å². The second-order valence-electron chi connectivity index (χ2n) is 3.91. The lowest BCUT2D eigenvalue weighted by Crippen LogP contribution is -2.16. The van der Waals surface area contributed by atoms with Crippen LogP contribution in [0.15, 0.2) is 33.3 Å². The molecule has 0 spiro atoms. The Kier molecular flexibility index (Phi) is 2.40. The molecule has 0 amide bonds. The fourth-order valence-electron chi connectivity index (χ4n) is 1.59. The van der Waals surface area contributed by atoms with Crippen molar-refractivity contribution in [2.45, 2.75) is 29.1 Å². The summed E-state index contributed by atoms with van der Waals surface area (Å²) in [5, 5.41) is 7.77. The molecule has 2 aromatic heterocycles. The quantitative estimate of drug-likeness (QED) is 0.848. The van der Waals surface area contributed by atoms with Crippen LogP contribution >= 0.6 is 11.8 Å². The van der Waals surface area contributed by atoms with Gasteiger partial charge in [0.05, 0.1) is 5.69 Å². The van der Waals surface area contributed by atoms with Crippen LogP contribution in [0.25, 0.3) is 0 Å². The number of nitrogens with one attached hydrogen (secondary N) is 1. The summed E-state index contributed by atoms with van der Waals surface area (Å²) in [7, 11) is 0. The maximum absolute atomic E-state index is 11.6. The first-order chi connectivity index (χ1) is 8.25. The Morgan fingerprint density at radius 3 is 3.06 bits per heavy atom. The highest BCUT2D eigenvalue weighted by molar-refractivity contribution is 7.99. The molecule has 1 aliphatic rings. The summed E-state index contributed by atoms with van der Waals surface area (Å²) in [6.45, 7) is 0. The summed E-state index contributed by atoms with van der Waals surface area (Å²) in [6, 6.07) is 3.84. The number of pyridine rings is 1. The van der Waals surface area contributed by atoms with Gasteiger partial charge >= 0.3 is 5.69 Å². The first-order valence-corrected chi connectivity index (χ1v) is 6.12. The minimum atomic E-state index is -0.162. The minimum Gasteiger partial charge on any atom is -0.397 e. The van der Waals surface area contributed by atoms with Gasteiger partial charge in [-0.1, -0.05) is 0 Å². The molecule has 88 valence electrons. The summed E-state index contributed by atoms with van der Waals surface area (Å²) in [5.74, 6) is 0. The lowest BCUT2D eigenvalue weighted by molar-refractivity contribution is 0.642. The lowest BCUT2D eigenvalue weighted by Gasteiger charge is -2.04. The van der Waals surface area contributed by atoms with Crippen LogP contribution in [0.4, 0.5) is 5.69 Å². The number of anilines is 1. The van der Waals surface area contributed by atoms with Gasteiger partial charge in [0, 0.05) is 12.2 Å². The van der Waals surface area contributed by atoms with E-state index in [1.165, 1.54) is 11.8 Å². The van der Waals surface area contributed by atoms with Crippen molar-refractivity contribution in [1.82, 2.24) is 19.7 Å². The SMILES string of the molecule is Nc1cccnc1Sc1n[nH]c(=O)n1C1CC1. The van der Waals surface area contributed by atoms with E-state index in [0.29, 0.717) is 15.9 Å². The van der Waals surface area contributed by atoms with E-state index >= 15 is 0 Å². The number of nitrogens with zero attached hydrogens (tertiary/aromatic N) is 3. The smallest absolute Gasteiger partial charge is 0.344 e. The average molecular weight is 249 g/mol. The Morgan fingerprint density at radius 2 is 2.35 bits per heavy atom. The van der Waals surface area contributed by atoms with Crippen LogP contribution in [-0.4, -0.2) is 19.7 Å². The summed E-state index contributed by atoms with van der Waals surface area (Å²) >= 11 is 1.31. The van der Waals surface area contributed by atoms with Gasteiger partial charge in [-0.2, -0.15) is 0 Å². The van der Waals surface area contributed by atoms with Crippen molar-refractivity contribution in [2.24, 2.45) is 0 Å².